The maximum atomic E-state index is 14.2. The van der Waals surface area contributed by atoms with Crippen molar-refractivity contribution in [3.05, 3.63) is 71.9 Å². The first-order chi connectivity index (χ1) is 27.7. The smallest absolute Gasteiger partial charge is 0.322 e. The lowest BCUT2D eigenvalue weighted by atomic mass is 9.99. The quantitative estimate of drug-likeness (QED) is 0.0688. The molecule has 0 bridgehead atoms. The molecule has 1 saturated heterocycles. The number of carbonyl (C=O) groups is 7. The van der Waals surface area contributed by atoms with Crippen molar-refractivity contribution in [3.63, 3.8) is 0 Å². The van der Waals surface area contributed by atoms with Crippen molar-refractivity contribution in [3.8, 4) is 0 Å². The van der Waals surface area contributed by atoms with E-state index >= 15 is 0 Å². The second-order valence-corrected chi connectivity index (χ2v) is 15.7. The largest absolute Gasteiger partial charge is 0.480 e. The molecule has 4 rings (SSSR count). The molecule has 0 radical (unpaired) electrons. The van der Waals surface area contributed by atoms with Gasteiger partial charge in [-0.15, -0.1) is 0 Å². The van der Waals surface area contributed by atoms with Crippen LogP contribution in [-0.4, -0.2) is 107 Å². The molecule has 2 heterocycles. The van der Waals surface area contributed by atoms with Crippen LogP contribution in [0.25, 0.3) is 10.9 Å². The van der Waals surface area contributed by atoms with Crippen LogP contribution in [0.3, 0.4) is 0 Å². The number of aromatic nitrogens is 1. The monoisotopic (exact) mass is 820 g/mol. The summed E-state index contributed by atoms with van der Waals surface area (Å²) < 4.78 is 0. The van der Waals surface area contributed by atoms with Crippen LogP contribution in [0.2, 0.25) is 0 Å². The minimum Gasteiger partial charge on any atom is -0.480 e. The summed E-state index contributed by atoms with van der Waals surface area (Å²) in [7, 11) is 0. The van der Waals surface area contributed by atoms with Crippen LogP contribution in [0.4, 0.5) is 0 Å². The lowest BCUT2D eigenvalue weighted by molar-refractivity contribution is -0.138. The van der Waals surface area contributed by atoms with Crippen LogP contribution in [0.1, 0.15) is 58.1 Å². The van der Waals surface area contributed by atoms with E-state index in [4.69, 9.17) is 5.11 Å². The minimum absolute atomic E-state index is 0.0247. The van der Waals surface area contributed by atoms with Gasteiger partial charge in [0.1, 0.15) is 36.8 Å². The summed E-state index contributed by atoms with van der Waals surface area (Å²) in [5.74, 6) is -5.62. The number of aromatic amines is 1. The number of carbonyl (C=O) groups excluding carboxylic acids is 6. The Balaban J connectivity index is 1.54. The number of hydrogen-bond acceptors (Lipinski definition) is 9. The van der Waals surface area contributed by atoms with Crippen LogP contribution in [0.5, 0.6) is 0 Å². The third-order valence-electron chi connectivity index (χ3n) is 9.84. The van der Waals surface area contributed by atoms with Crippen LogP contribution < -0.4 is 37.2 Å². The van der Waals surface area contributed by atoms with E-state index in [0.717, 1.165) is 28.5 Å². The van der Waals surface area contributed by atoms with Gasteiger partial charge in [0.05, 0.1) is 6.04 Å². The minimum atomic E-state index is -1.26. The Morgan fingerprint density at radius 2 is 1.36 bits per heavy atom. The SMILES string of the molecule is CC(C)C[C@H](NC(=O)[C@@H](NC(=O)[C@H](CS)NC(=O)[C@H](Cc1c[nH]c2ccccc12)NC(=O)[C@H](Cc1ccccc1)NC(=O)[C@@H]1CCCN1)C(C)C)C(=O)NCC(=O)O. The fourth-order valence-electron chi connectivity index (χ4n) is 6.75. The first kappa shape index (κ1) is 45.3. The molecule has 0 saturated carbocycles. The molecule has 2 aromatic carbocycles. The second-order valence-electron chi connectivity index (χ2n) is 15.3. The lowest BCUT2D eigenvalue weighted by Gasteiger charge is -2.28. The summed E-state index contributed by atoms with van der Waals surface area (Å²) in [6.45, 7) is 7.13. The highest BCUT2D eigenvalue weighted by Gasteiger charge is 2.34. The summed E-state index contributed by atoms with van der Waals surface area (Å²) in [5, 5.41) is 29.0. The summed E-state index contributed by atoms with van der Waals surface area (Å²) in [6, 6.07) is 10.5. The zero-order valence-corrected chi connectivity index (χ0v) is 34.2. The first-order valence-corrected chi connectivity index (χ1v) is 20.2. The number of para-hydroxylation sites is 1. The molecule has 1 aliphatic heterocycles. The third-order valence-corrected chi connectivity index (χ3v) is 10.2. The second kappa shape index (κ2) is 21.9. The molecule has 1 aliphatic rings. The van der Waals surface area contributed by atoms with E-state index in [0.29, 0.717) is 13.0 Å². The average molecular weight is 821 g/mol. The van der Waals surface area contributed by atoms with Crippen molar-refractivity contribution in [1.82, 2.24) is 42.2 Å². The Bertz CT molecular complexity index is 1900. The fourth-order valence-corrected chi connectivity index (χ4v) is 7.00. The van der Waals surface area contributed by atoms with Gasteiger partial charge in [-0.2, -0.15) is 12.6 Å². The van der Waals surface area contributed by atoms with Crippen LogP contribution in [-0.2, 0) is 46.4 Å². The zero-order valence-electron chi connectivity index (χ0n) is 33.3. The van der Waals surface area contributed by atoms with Gasteiger partial charge in [0.15, 0.2) is 0 Å². The third kappa shape index (κ3) is 13.3. The maximum Gasteiger partial charge on any atom is 0.322 e. The molecule has 1 fully saturated rings. The number of rotatable bonds is 21. The van der Waals surface area contributed by atoms with Gasteiger partial charge in [-0.1, -0.05) is 76.2 Å². The van der Waals surface area contributed by atoms with Crippen molar-refractivity contribution in [2.75, 3.05) is 18.8 Å². The lowest BCUT2D eigenvalue weighted by Crippen LogP contribution is -2.61. The Morgan fingerprint density at radius 3 is 1.98 bits per heavy atom. The van der Waals surface area contributed by atoms with E-state index < -0.39 is 84.2 Å². The van der Waals surface area contributed by atoms with E-state index in [9.17, 15) is 33.6 Å². The molecule has 0 aliphatic carbocycles. The van der Waals surface area contributed by atoms with E-state index in [1.165, 1.54) is 0 Å². The van der Waals surface area contributed by atoms with E-state index in [1.54, 1.807) is 20.0 Å². The van der Waals surface area contributed by atoms with Gasteiger partial charge in [-0.3, -0.25) is 33.6 Å². The molecule has 0 spiro atoms. The Hall–Kier alpha value is -5.42. The molecule has 3 aromatic rings. The van der Waals surface area contributed by atoms with Crippen molar-refractivity contribution in [1.29, 1.82) is 0 Å². The number of carboxylic acid groups (broad SMARTS) is 1. The summed E-state index contributed by atoms with van der Waals surface area (Å²) in [4.78, 5) is 95.9. The van der Waals surface area contributed by atoms with Crippen LogP contribution in [0.15, 0.2) is 60.8 Å². The number of aliphatic carboxylic acids is 1. The molecular weight excluding hydrogens is 765 g/mol. The Kier molecular flexibility index (Phi) is 17.1. The van der Waals surface area contributed by atoms with E-state index in [2.05, 4.69) is 54.8 Å². The number of nitrogens with one attached hydrogen (secondary N) is 8. The Labute approximate surface area is 343 Å². The molecule has 314 valence electrons. The van der Waals surface area contributed by atoms with Crippen LogP contribution >= 0.6 is 12.6 Å². The number of carboxylic acids is 1. The van der Waals surface area contributed by atoms with E-state index in [-0.39, 0.29) is 36.8 Å². The highest BCUT2D eigenvalue weighted by atomic mass is 32.1. The van der Waals surface area contributed by atoms with Gasteiger partial charge in [0.25, 0.3) is 0 Å². The number of hydrogen-bond donors (Lipinski definition) is 10. The van der Waals surface area contributed by atoms with Crippen LogP contribution in [0, 0.1) is 11.8 Å². The molecule has 9 N–H and O–H groups in total. The van der Waals surface area contributed by atoms with E-state index in [1.807, 2.05) is 68.4 Å². The summed E-state index contributed by atoms with van der Waals surface area (Å²) in [5.41, 5.74) is 2.34. The molecular formula is C41H56N8O8S. The van der Waals surface area contributed by atoms with Crippen molar-refractivity contribution >= 4 is 64.9 Å². The number of amides is 6. The normalized spacial score (nSPS) is 16.4. The first-order valence-electron chi connectivity index (χ1n) is 19.6. The summed E-state index contributed by atoms with van der Waals surface area (Å²) >= 11 is 4.34. The van der Waals surface area contributed by atoms with Gasteiger partial charge in [0.2, 0.25) is 35.4 Å². The van der Waals surface area contributed by atoms with Crippen molar-refractivity contribution in [2.45, 2.75) is 96.1 Å². The fraction of sp³-hybridized carbons (Fsp3) is 0.488. The molecule has 58 heavy (non-hydrogen) atoms. The molecule has 1 aromatic heterocycles. The van der Waals surface area contributed by atoms with Gasteiger partial charge in [-0.25, -0.2) is 0 Å². The number of benzene rings is 2. The van der Waals surface area contributed by atoms with Crippen molar-refractivity contribution < 1.29 is 38.7 Å². The zero-order chi connectivity index (χ0) is 42.4. The highest BCUT2D eigenvalue weighted by molar-refractivity contribution is 7.80. The molecule has 16 nitrogen and oxygen atoms in total. The van der Waals surface area contributed by atoms with Gasteiger partial charge < -0.3 is 47.3 Å². The number of fused-ring (bicyclic) bond motifs is 1. The molecule has 0 unspecified atom stereocenters. The predicted octanol–water partition coefficient (Wildman–Crippen LogP) is 0.962. The molecule has 6 atom stereocenters. The van der Waals surface area contributed by atoms with Gasteiger partial charge in [0, 0.05) is 35.7 Å². The van der Waals surface area contributed by atoms with Gasteiger partial charge in [-0.05, 0) is 54.8 Å². The predicted molar refractivity (Wildman–Crippen MR) is 222 cm³/mol. The maximum absolute atomic E-state index is 14.2. The summed E-state index contributed by atoms with van der Waals surface area (Å²) in [6.07, 6.45) is 3.60. The average Bonchev–Trinajstić information content (AvgIpc) is 3.88. The van der Waals surface area contributed by atoms with Gasteiger partial charge >= 0.3 is 5.97 Å². The standard InChI is InChI=1S/C41H56N8O8S/c1-23(2)17-30(36(52)44-21-34(50)51)47-41(57)35(24(3)4)49-40(56)33(22-58)48-39(55)32(19-26-20-43-28-14-9-8-13-27(26)28)46-38(54)31(18-25-11-6-5-7-12-25)45-37(53)29-15-10-16-42-29/h5-9,11-14,20,23-24,29-33,35,42-43,58H,10,15-19,21-22H2,1-4H3,(H,44,52)(H,45,53)(H,46,54)(H,47,57)(H,48,55)(H,49,56)(H,50,51)/t29-,30-,31-,32-,33-,35-/m0/s1. The number of H-pyrrole nitrogens is 1. The molecule has 6 amide bonds. The highest BCUT2D eigenvalue weighted by Crippen LogP contribution is 2.20. The molecule has 17 heteroatoms. The number of thiol groups is 1. The topological polar surface area (TPSA) is 240 Å². The Morgan fingerprint density at radius 1 is 0.741 bits per heavy atom. The van der Waals surface area contributed by atoms with Crippen molar-refractivity contribution in [2.24, 2.45) is 11.8 Å².